The molecule has 0 spiro atoms. The first-order valence-corrected chi connectivity index (χ1v) is 5.93. The summed E-state index contributed by atoms with van der Waals surface area (Å²) < 4.78 is 0. The lowest BCUT2D eigenvalue weighted by Crippen LogP contribution is -1.91. The molecule has 2 aromatic rings. The van der Waals surface area contributed by atoms with Crippen LogP contribution >= 0.6 is 35.0 Å². The second-order valence-corrected chi connectivity index (χ2v) is 4.87. The number of hydrogen-bond acceptors (Lipinski definition) is 4. The van der Waals surface area contributed by atoms with Crippen LogP contribution in [0.3, 0.4) is 0 Å². The van der Waals surface area contributed by atoms with Crippen LogP contribution in [0.2, 0.25) is 10.0 Å². The van der Waals surface area contributed by atoms with E-state index in [1.807, 2.05) is 6.07 Å². The summed E-state index contributed by atoms with van der Waals surface area (Å²) >= 11 is 13.2. The fourth-order valence-electron chi connectivity index (χ4n) is 1.07. The van der Waals surface area contributed by atoms with E-state index in [9.17, 15) is 0 Å². The van der Waals surface area contributed by atoms with Crippen molar-refractivity contribution in [3.8, 4) is 0 Å². The molecule has 1 heterocycles. The standard InChI is InChI=1S/C10H7Cl2N3S/c11-7-2-1-6(3-8(7)12)16-10-4-9(13)14-5-15-10/h1-5H,(H2,13,14,15). The Kier molecular flexibility index (Phi) is 3.53. The van der Waals surface area contributed by atoms with Crippen LogP contribution in [0.1, 0.15) is 0 Å². The van der Waals surface area contributed by atoms with Crippen LogP contribution in [-0.2, 0) is 0 Å². The summed E-state index contributed by atoms with van der Waals surface area (Å²) in [5.41, 5.74) is 5.55. The number of benzene rings is 1. The van der Waals surface area contributed by atoms with E-state index in [2.05, 4.69) is 9.97 Å². The molecule has 0 radical (unpaired) electrons. The lowest BCUT2D eigenvalue weighted by molar-refractivity contribution is 1.05. The van der Waals surface area contributed by atoms with E-state index in [1.165, 1.54) is 18.1 Å². The Morgan fingerprint density at radius 2 is 1.88 bits per heavy atom. The fourth-order valence-corrected chi connectivity index (χ4v) is 2.27. The molecular formula is C10H7Cl2N3S. The first kappa shape index (κ1) is 11.5. The van der Waals surface area contributed by atoms with Gasteiger partial charge in [-0.25, -0.2) is 9.97 Å². The lowest BCUT2D eigenvalue weighted by atomic mass is 10.4. The van der Waals surface area contributed by atoms with E-state index in [0.29, 0.717) is 15.9 Å². The summed E-state index contributed by atoms with van der Waals surface area (Å²) in [5.74, 6) is 0.442. The molecule has 3 nitrogen and oxygen atoms in total. The molecule has 0 unspecified atom stereocenters. The first-order valence-electron chi connectivity index (χ1n) is 4.35. The molecule has 0 aliphatic carbocycles. The van der Waals surface area contributed by atoms with Crippen LogP contribution in [0, 0.1) is 0 Å². The predicted octanol–water partition coefficient (Wildman–Crippen LogP) is 3.52. The van der Waals surface area contributed by atoms with Crippen LogP contribution in [0.15, 0.2) is 40.5 Å². The van der Waals surface area contributed by atoms with Crippen LogP contribution in [0.4, 0.5) is 5.82 Å². The Hall–Kier alpha value is -0.970. The van der Waals surface area contributed by atoms with Crippen molar-refractivity contribution in [2.24, 2.45) is 0 Å². The largest absolute Gasteiger partial charge is 0.384 e. The van der Waals surface area contributed by atoms with Crippen molar-refractivity contribution >= 4 is 40.8 Å². The highest BCUT2D eigenvalue weighted by Gasteiger charge is 2.03. The maximum Gasteiger partial charge on any atom is 0.127 e. The van der Waals surface area contributed by atoms with Gasteiger partial charge in [0, 0.05) is 11.0 Å². The van der Waals surface area contributed by atoms with Crippen molar-refractivity contribution in [2.75, 3.05) is 5.73 Å². The van der Waals surface area contributed by atoms with Gasteiger partial charge in [0.1, 0.15) is 17.2 Å². The summed E-state index contributed by atoms with van der Waals surface area (Å²) in [6, 6.07) is 7.11. The summed E-state index contributed by atoms with van der Waals surface area (Å²) in [5, 5.41) is 1.83. The van der Waals surface area contributed by atoms with Crippen LogP contribution in [0.25, 0.3) is 0 Å². The van der Waals surface area contributed by atoms with E-state index < -0.39 is 0 Å². The minimum absolute atomic E-state index is 0.442. The molecule has 0 fully saturated rings. The smallest absolute Gasteiger partial charge is 0.127 e. The van der Waals surface area contributed by atoms with Crippen molar-refractivity contribution in [3.63, 3.8) is 0 Å². The zero-order valence-corrected chi connectivity index (χ0v) is 10.4. The molecule has 0 amide bonds. The number of nitrogen functional groups attached to an aromatic ring is 1. The molecule has 0 saturated carbocycles. The molecule has 0 bridgehead atoms. The maximum atomic E-state index is 5.91. The van der Waals surface area contributed by atoms with Crippen LogP contribution < -0.4 is 5.73 Å². The predicted molar refractivity (Wildman–Crippen MR) is 67.0 cm³/mol. The molecule has 2 rings (SSSR count). The molecule has 2 N–H and O–H groups in total. The second-order valence-electron chi connectivity index (χ2n) is 2.96. The minimum Gasteiger partial charge on any atom is -0.384 e. The van der Waals surface area contributed by atoms with Crippen LogP contribution in [0.5, 0.6) is 0 Å². The highest BCUT2D eigenvalue weighted by Crippen LogP contribution is 2.31. The van der Waals surface area contributed by atoms with Gasteiger partial charge in [-0.3, -0.25) is 0 Å². The Balaban J connectivity index is 2.24. The van der Waals surface area contributed by atoms with Gasteiger partial charge < -0.3 is 5.73 Å². The topological polar surface area (TPSA) is 51.8 Å². The van der Waals surface area contributed by atoms with Gasteiger partial charge in [-0.15, -0.1) is 0 Å². The zero-order chi connectivity index (χ0) is 11.5. The van der Waals surface area contributed by atoms with Gasteiger partial charge in [0.25, 0.3) is 0 Å². The van der Waals surface area contributed by atoms with Gasteiger partial charge >= 0.3 is 0 Å². The summed E-state index contributed by atoms with van der Waals surface area (Å²) in [4.78, 5) is 8.85. The Bertz CT molecular complexity index is 519. The molecule has 0 aliphatic rings. The third kappa shape index (κ3) is 2.78. The maximum absolute atomic E-state index is 5.91. The van der Waals surface area contributed by atoms with E-state index in [1.54, 1.807) is 18.2 Å². The van der Waals surface area contributed by atoms with Gasteiger partial charge in [0.05, 0.1) is 10.0 Å². The minimum atomic E-state index is 0.442. The highest BCUT2D eigenvalue weighted by molar-refractivity contribution is 7.99. The van der Waals surface area contributed by atoms with Crippen LogP contribution in [-0.4, -0.2) is 9.97 Å². The number of anilines is 1. The molecular weight excluding hydrogens is 265 g/mol. The number of hydrogen-bond donors (Lipinski definition) is 1. The number of nitrogens with two attached hydrogens (primary N) is 1. The molecule has 16 heavy (non-hydrogen) atoms. The third-order valence-electron chi connectivity index (χ3n) is 1.78. The summed E-state index contributed by atoms with van der Waals surface area (Å²) in [6.45, 7) is 0. The monoisotopic (exact) mass is 271 g/mol. The molecule has 82 valence electrons. The lowest BCUT2D eigenvalue weighted by Gasteiger charge is -2.02. The fraction of sp³-hybridized carbons (Fsp3) is 0. The molecule has 1 aromatic heterocycles. The average molecular weight is 272 g/mol. The van der Waals surface area contributed by atoms with Gasteiger partial charge in [0.2, 0.25) is 0 Å². The normalized spacial score (nSPS) is 10.4. The average Bonchev–Trinajstić information content (AvgIpc) is 2.24. The van der Waals surface area contributed by atoms with Gasteiger partial charge in [0.15, 0.2) is 0 Å². The Morgan fingerprint density at radius 3 is 2.56 bits per heavy atom. The number of rotatable bonds is 2. The third-order valence-corrected chi connectivity index (χ3v) is 3.44. The molecule has 1 aromatic carbocycles. The Morgan fingerprint density at radius 1 is 1.06 bits per heavy atom. The SMILES string of the molecule is Nc1cc(Sc2ccc(Cl)c(Cl)c2)ncn1. The molecule has 0 aliphatic heterocycles. The number of aromatic nitrogens is 2. The van der Waals surface area contributed by atoms with Gasteiger partial charge in [-0.2, -0.15) is 0 Å². The first-order chi connectivity index (χ1) is 7.65. The van der Waals surface area contributed by atoms with Gasteiger partial charge in [-0.1, -0.05) is 35.0 Å². The zero-order valence-electron chi connectivity index (χ0n) is 8.02. The molecule has 6 heteroatoms. The van der Waals surface area contributed by atoms with E-state index in [4.69, 9.17) is 28.9 Å². The molecule has 0 saturated heterocycles. The van der Waals surface area contributed by atoms with E-state index in [0.717, 1.165) is 9.92 Å². The van der Waals surface area contributed by atoms with Gasteiger partial charge in [-0.05, 0) is 18.2 Å². The Labute approximate surface area is 107 Å². The number of halogens is 2. The van der Waals surface area contributed by atoms with E-state index >= 15 is 0 Å². The van der Waals surface area contributed by atoms with Crippen molar-refractivity contribution in [3.05, 3.63) is 40.6 Å². The summed E-state index contributed by atoms with van der Waals surface area (Å²) in [6.07, 6.45) is 1.43. The molecule has 0 atom stereocenters. The summed E-state index contributed by atoms with van der Waals surface area (Å²) in [7, 11) is 0. The highest BCUT2D eigenvalue weighted by atomic mass is 35.5. The second kappa shape index (κ2) is 4.91. The van der Waals surface area contributed by atoms with Crippen molar-refractivity contribution in [2.45, 2.75) is 9.92 Å². The quantitative estimate of drug-likeness (QED) is 0.850. The van der Waals surface area contributed by atoms with Crippen molar-refractivity contribution in [1.82, 2.24) is 9.97 Å². The van der Waals surface area contributed by atoms with Crippen molar-refractivity contribution in [1.29, 1.82) is 0 Å². The van der Waals surface area contributed by atoms with E-state index in [-0.39, 0.29) is 0 Å². The number of nitrogens with zero attached hydrogens (tertiary/aromatic N) is 2. The van der Waals surface area contributed by atoms with Crippen molar-refractivity contribution < 1.29 is 0 Å².